The molecule has 1 heterocycles. The van der Waals surface area contributed by atoms with Crippen molar-refractivity contribution in [3.63, 3.8) is 0 Å². The molecule has 1 aliphatic heterocycles. The molecule has 2 unspecified atom stereocenters. The molecule has 98 valence electrons. The molecule has 0 aromatic rings. The minimum absolute atomic E-state index is 0.0489. The van der Waals surface area contributed by atoms with Crippen molar-refractivity contribution in [2.24, 2.45) is 5.92 Å². The molecule has 0 bridgehead atoms. The summed E-state index contributed by atoms with van der Waals surface area (Å²) < 4.78 is 6.19. The second kappa shape index (κ2) is 4.55. The second-order valence-corrected chi connectivity index (χ2v) is 6.76. The van der Waals surface area contributed by atoms with Gasteiger partial charge in [0.2, 0.25) is 0 Å². The first-order chi connectivity index (χ1) is 8.22. The molecule has 3 aliphatic rings. The van der Waals surface area contributed by atoms with Gasteiger partial charge in [-0.2, -0.15) is 0 Å². The number of ether oxygens (including phenoxy) is 1. The normalized spacial score (nSPS) is 41.8. The third-order valence-corrected chi connectivity index (χ3v) is 5.22. The zero-order valence-corrected chi connectivity index (χ0v) is 11.3. The van der Waals surface area contributed by atoms with Crippen LogP contribution in [0, 0.1) is 5.92 Å². The van der Waals surface area contributed by atoms with Crippen molar-refractivity contribution in [3.05, 3.63) is 0 Å². The minimum atomic E-state index is 0.0489. The van der Waals surface area contributed by atoms with Gasteiger partial charge < -0.3 is 4.74 Å². The smallest absolute Gasteiger partial charge is 0.119 e. The maximum absolute atomic E-state index is 6.19. The molecule has 2 spiro atoms. The Labute approximate surface area is 105 Å². The molecule has 3 fully saturated rings. The highest BCUT2D eigenvalue weighted by Crippen LogP contribution is 2.42. The van der Waals surface area contributed by atoms with Crippen molar-refractivity contribution in [2.45, 2.75) is 82.4 Å². The van der Waals surface area contributed by atoms with Gasteiger partial charge in [0.1, 0.15) is 5.72 Å². The molecule has 1 saturated heterocycles. The number of nitrogens with one attached hydrogen (secondary N) is 1. The van der Waals surface area contributed by atoms with E-state index in [2.05, 4.69) is 12.2 Å². The summed E-state index contributed by atoms with van der Waals surface area (Å²) in [5.41, 5.74) is 0.487. The van der Waals surface area contributed by atoms with E-state index in [0.29, 0.717) is 5.54 Å². The molecule has 2 atom stereocenters. The third kappa shape index (κ3) is 2.39. The summed E-state index contributed by atoms with van der Waals surface area (Å²) >= 11 is 0. The Morgan fingerprint density at radius 2 is 1.82 bits per heavy atom. The van der Waals surface area contributed by atoms with Crippen molar-refractivity contribution in [1.29, 1.82) is 0 Å². The summed E-state index contributed by atoms with van der Waals surface area (Å²) in [6, 6.07) is 0. The van der Waals surface area contributed by atoms with Gasteiger partial charge in [0.05, 0.1) is 6.61 Å². The fourth-order valence-electron chi connectivity index (χ4n) is 4.37. The first-order valence-electron chi connectivity index (χ1n) is 7.65. The Morgan fingerprint density at radius 3 is 2.59 bits per heavy atom. The van der Waals surface area contributed by atoms with E-state index in [0.717, 1.165) is 12.5 Å². The van der Waals surface area contributed by atoms with E-state index in [9.17, 15) is 0 Å². The van der Waals surface area contributed by atoms with Crippen LogP contribution in [0.25, 0.3) is 0 Å². The van der Waals surface area contributed by atoms with Crippen LogP contribution in [0.1, 0.15) is 71.1 Å². The van der Waals surface area contributed by atoms with Gasteiger partial charge in [-0.3, -0.25) is 5.32 Å². The first kappa shape index (κ1) is 12.0. The van der Waals surface area contributed by atoms with Crippen LogP contribution in [0.4, 0.5) is 0 Å². The largest absolute Gasteiger partial charge is 0.361 e. The fraction of sp³-hybridized carbons (Fsp3) is 1.00. The van der Waals surface area contributed by atoms with Gasteiger partial charge in [-0.1, -0.05) is 32.6 Å². The number of hydrogen-bond donors (Lipinski definition) is 1. The summed E-state index contributed by atoms with van der Waals surface area (Å²) in [5, 5.41) is 3.99. The predicted molar refractivity (Wildman–Crippen MR) is 69.9 cm³/mol. The molecule has 0 aromatic carbocycles. The van der Waals surface area contributed by atoms with E-state index in [1.165, 1.54) is 64.2 Å². The third-order valence-electron chi connectivity index (χ3n) is 5.22. The first-order valence-corrected chi connectivity index (χ1v) is 7.65. The Balaban J connectivity index is 1.73. The minimum Gasteiger partial charge on any atom is -0.361 e. The fourth-order valence-corrected chi connectivity index (χ4v) is 4.37. The van der Waals surface area contributed by atoms with Crippen LogP contribution in [0.3, 0.4) is 0 Å². The van der Waals surface area contributed by atoms with E-state index in [1.807, 2.05) is 0 Å². The molecular formula is C15H27NO. The van der Waals surface area contributed by atoms with Gasteiger partial charge in [-0.15, -0.1) is 0 Å². The van der Waals surface area contributed by atoms with E-state index >= 15 is 0 Å². The summed E-state index contributed by atoms with van der Waals surface area (Å²) in [6.45, 7) is 3.37. The summed E-state index contributed by atoms with van der Waals surface area (Å²) in [7, 11) is 0. The lowest BCUT2D eigenvalue weighted by atomic mass is 9.74. The van der Waals surface area contributed by atoms with Crippen molar-refractivity contribution < 1.29 is 4.74 Å². The van der Waals surface area contributed by atoms with E-state index in [-0.39, 0.29) is 5.72 Å². The van der Waals surface area contributed by atoms with Crippen molar-refractivity contribution in [1.82, 2.24) is 5.32 Å². The van der Waals surface area contributed by atoms with Crippen LogP contribution in [0.2, 0.25) is 0 Å². The zero-order chi connectivity index (χ0) is 11.8. The summed E-state index contributed by atoms with van der Waals surface area (Å²) in [6.07, 6.45) is 13.5. The highest BCUT2D eigenvalue weighted by molar-refractivity contribution is 5.00. The molecular weight excluding hydrogens is 210 g/mol. The molecule has 3 rings (SSSR count). The molecule has 1 N–H and O–H groups in total. The molecule has 2 aliphatic carbocycles. The molecule has 2 nitrogen and oxygen atoms in total. The highest BCUT2D eigenvalue weighted by Gasteiger charge is 2.46. The van der Waals surface area contributed by atoms with Crippen LogP contribution in [0.15, 0.2) is 0 Å². The lowest BCUT2D eigenvalue weighted by Crippen LogP contribution is -2.65. The van der Waals surface area contributed by atoms with Crippen molar-refractivity contribution >= 4 is 0 Å². The number of rotatable bonds is 0. The highest BCUT2D eigenvalue weighted by atomic mass is 16.5. The summed E-state index contributed by atoms with van der Waals surface area (Å²) in [4.78, 5) is 0. The molecule has 0 amide bonds. The van der Waals surface area contributed by atoms with E-state index in [1.54, 1.807) is 0 Å². The maximum Gasteiger partial charge on any atom is 0.119 e. The predicted octanol–water partition coefficient (Wildman–Crippen LogP) is 3.61. The van der Waals surface area contributed by atoms with Gasteiger partial charge in [0.25, 0.3) is 0 Å². The Morgan fingerprint density at radius 1 is 1.00 bits per heavy atom. The number of hydrogen-bond acceptors (Lipinski definition) is 2. The van der Waals surface area contributed by atoms with Crippen LogP contribution >= 0.6 is 0 Å². The topological polar surface area (TPSA) is 21.3 Å². The molecule has 2 heteroatoms. The van der Waals surface area contributed by atoms with Crippen LogP contribution in [0.5, 0.6) is 0 Å². The van der Waals surface area contributed by atoms with E-state index < -0.39 is 0 Å². The van der Waals surface area contributed by atoms with Gasteiger partial charge in [-0.25, -0.2) is 0 Å². The standard InChI is InChI=1S/C15H27NO/c1-13-6-5-9-15(12-13)16-14(10-11-17-15)7-3-2-4-8-14/h13,16H,2-12H2,1H3. The van der Waals surface area contributed by atoms with Crippen molar-refractivity contribution in [2.75, 3.05) is 6.61 Å². The lowest BCUT2D eigenvalue weighted by molar-refractivity contribution is -0.163. The Hall–Kier alpha value is -0.0800. The van der Waals surface area contributed by atoms with Gasteiger partial charge in [0.15, 0.2) is 0 Å². The summed E-state index contributed by atoms with van der Waals surface area (Å²) in [5.74, 6) is 0.829. The molecule has 2 saturated carbocycles. The monoisotopic (exact) mass is 237 g/mol. The second-order valence-electron chi connectivity index (χ2n) is 6.76. The van der Waals surface area contributed by atoms with Crippen LogP contribution < -0.4 is 5.32 Å². The average Bonchev–Trinajstić information content (AvgIpc) is 2.29. The average molecular weight is 237 g/mol. The lowest BCUT2D eigenvalue weighted by Gasteiger charge is -2.53. The van der Waals surface area contributed by atoms with Gasteiger partial charge >= 0.3 is 0 Å². The Bertz CT molecular complexity index is 263. The molecule has 17 heavy (non-hydrogen) atoms. The van der Waals surface area contributed by atoms with Crippen molar-refractivity contribution in [3.8, 4) is 0 Å². The van der Waals surface area contributed by atoms with E-state index in [4.69, 9.17) is 4.74 Å². The Kier molecular flexibility index (Phi) is 3.20. The quantitative estimate of drug-likeness (QED) is 0.695. The SMILES string of the molecule is CC1CCCC2(C1)NC1(CCCCC1)CCO2. The zero-order valence-electron chi connectivity index (χ0n) is 11.3. The van der Waals surface area contributed by atoms with Crippen LogP contribution in [-0.4, -0.2) is 17.9 Å². The molecule has 0 radical (unpaired) electrons. The maximum atomic E-state index is 6.19. The molecule has 0 aromatic heterocycles. The van der Waals surface area contributed by atoms with Gasteiger partial charge in [0, 0.05) is 5.54 Å². The van der Waals surface area contributed by atoms with Gasteiger partial charge in [-0.05, 0) is 44.4 Å². The van der Waals surface area contributed by atoms with Crippen LogP contribution in [-0.2, 0) is 4.74 Å².